The fraction of sp³-hybridized carbons (Fsp3) is 0.385. The van der Waals surface area contributed by atoms with Crippen LogP contribution >= 0.6 is 35.1 Å². The zero-order valence-corrected chi connectivity index (χ0v) is 22.8. The van der Waals surface area contributed by atoms with Crippen LogP contribution in [0.15, 0.2) is 56.2 Å². The van der Waals surface area contributed by atoms with Crippen LogP contribution in [0.2, 0.25) is 5.02 Å². The third kappa shape index (κ3) is 4.83. The van der Waals surface area contributed by atoms with Gasteiger partial charge in [-0.2, -0.15) is 0 Å². The van der Waals surface area contributed by atoms with Crippen molar-refractivity contribution in [2.45, 2.75) is 45.4 Å². The molecule has 2 aliphatic rings. The summed E-state index contributed by atoms with van der Waals surface area (Å²) in [5.41, 5.74) is 4.24. The van der Waals surface area contributed by atoms with Crippen molar-refractivity contribution in [2.75, 3.05) is 36.5 Å². The van der Waals surface area contributed by atoms with Gasteiger partial charge in [0.05, 0.1) is 16.4 Å². The predicted molar refractivity (Wildman–Crippen MR) is 149 cm³/mol. The Balaban J connectivity index is 1.70. The van der Waals surface area contributed by atoms with Crippen molar-refractivity contribution >= 4 is 63.3 Å². The molecular weight excluding hydrogens is 484 g/mol. The number of aryl methyl sites for hydroxylation is 1. The number of rotatable bonds is 7. The molecule has 2 heterocycles. The Morgan fingerprint density at radius 3 is 2.50 bits per heavy atom. The molecular formula is C26H31ClN4OS2. The summed E-state index contributed by atoms with van der Waals surface area (Å²) in [5.74, 6) is 0.0304. The zero-order chi connectivity index (χ0) is 24.4. The SMILES string of the molecule is CCCCN1C(=O)C(=C2Sc3ccc(Cl)cc3N2C)SC1=Nc1ccc(N(CC)CC)cc1C. The number of amidine groups is 1. The number of benzene rings is 2. The Morgan fingerprint density at radius 1 is 1.06 bits per heavy atom. The number of carbonyl (C=O) groups excluding carboxylic acids is 1. The first-order valence-electron chi connectivity index (χ1n) is 11.8. The van der Waals surface area contributed by atoms with E-state index in [4.69, 9.17) is 16.6 Å². The molecule has 2 aliphatic heterocycles. The number of unbranched alkanes of at least 4 members (excludes halogenated alkanes) is 1. The van der Waals surface area contributed by atoms with E-state index in [-0.39, 0.29) is 5.91 Å². The van der Waals surface area contributed by atoms with Crippen LogP contribution in [0, 0.1) is 6.92 Å². The lowest BCUT2D eigenvalue weighted by Gasteiger charge is -2.22. The van der Waals surface area contributed by atoms with Crippen molar-refractivity contribution < 1.29 is 4.79 Å². The second-order valence-electron chi connectivity index (χ2n) is 8.36. The molecule has 1 fully saturated rings. The highest BCUT2D eigenvalue weighted by Gasteiger charge is 2.39. The van der Waals surface area contributed by atoms with E-state index in [0.717, 1.165) is 62.9 Å². The van der Waals surface area contributed by atoms with E-state index in [1.54, 1.807) is 11.8 Å². The molecule has 2 aromatic rings. The van der Waals surface area contributed by atoms with E-state index in [9.17, 15) is 4.79 Å². The third-order valence-corrected chi connectivity index (χ3v) is 8.78. The number of hydrogen-bond acceptors (Lipinski definition) is 6. The first-order valence-corrected chi connectivity index (χ1v) is 13.8. The fourth-order valence-corrected chi connectivity index (χ4v) is 6.61. The van der Waals surface area contributed by atoms with E-state index in [1.807, 2.05) is 30.1 Å². The van der Waals surface area contributed by atoms with Crippen molar-refractivity contribution in [3.8, 4) is 0 Å². The van der Waals surface area contributed by atoms with Crippen LogP contribution in [-0.2, 0) is 4.79 Å². The van der Waals surface area contributed by atoms with Gasteiger partial charge in [0, 0.05) is 42.3 Å². The molecule has 1 amide bonds. The Bertz CT molecular complexity index is 1160. The van der Waals surface area contributed by atoms with Gasteiger partial charge >= 0.3 is 0 Å². The van der Waals surface area contributed by atoms with E-state index in [1.165, 1.54) is 17.4 Å². The topological polar surface area (TPSA) is 39.2 Å². The lowest BCUT2D eigenvalue weighted by atomic mass is 10.1. The first-order chi connectivity index (χ1) is 16.4. The molecule has 0 unspecified atom stereocenters. The van der Waals surface area contributed by atoms with Gasteiger partial charge in [-0.15, -0.1) is 0 Å². The van der Waals surface area contributed by atoms with Gasteiger partial charge in [0.25, 0.3) is 5.91 Å². The largest absolute Gasteiger partial charge is 0.372 e. The van der Waals surface area contributed by atoms with Gasteiger partial charge in [-0.1, -0.05) is 36.7 Å². The molecule has 0 bridgehead atoms. The molecule has 5 nitrogen and oxygen atoms in total. The summed E-state index contributed by atoms with van der Waals surface area (Å²) < 4.78 is 0. The highest BCUT2D eigenvalue weighted by molar-refractivity contribution is 8.19. The molecule has 180 valence electrons. The molecule has 0 aromatic heterocycles. The van der Waals surface area contributed by atoms with Crippen LogP contribution in [0.1, 0.15) is 39.2 Å². The number of halogens is 1. The van der Waals surface area contributed by atoms with Crippen molar-refractivity contribution in [2.24, 2.45) is 4.99 Å². The number of aliphatic imine (C=N–C) groups is 1. The molecule has 0 N–H and O–H groups in total. The summed E-state index contributed by atoms with van der Waals surface area (Å²) in [6.45, 7) is 11.2. The maximum absolute atomic E-state index is 13.6. The average molecular weight is 515 g/mol. The van der Waals surface area contributed by atoms with Gasteiger partial charge in [0.1, 0.15) is 4.91 Å². The number of nitrogens with zero attached hydrogens (tertiary/aromatic N) is 4. The maximum atomic E-state index is 13.6. The molecule has 0 spiro atoms. The fourth-order valence-electron chi connectivity index (χ4n) is 4.10. The molecule has 2 aromatic carbocycles. The minimum atomic E-state index is 0.0304. The van der Waals surface area contributed by atoms with Crippen LogP contribution in [-0.4, -0.2) is 42.7 Å². The van der Waals surface area contributed by atoms with Crippen LogP contribution in [0.3, 0.4) is 0 Å². The Hall–Kier alpha value is -2.09. The smallest absolute Gasteiger partial charge is 0.269 e. The van der Waals surface area contributed by atoms with Crippen molar-refractivity contribution in [3.63, 3.8) is 0 Å². The van der Waals surface area contributed by atoms with Crippen molar-refractivity contribution in [3.05, 3.63) is 56.9 Å². The summed E-state index contributed by atoms with van der Waals surface area (Å²) in [5, 5.41) is 2.38. The Labute approximate surface area is 216 Å². The van der Waals surface area contributed by atoms with E-state index in [0.29, 0.717) is 11.6 Å². The number of thioether (sulfide) groups is 2. The van der Waals surface area contributed by atoms with Gasteiger partial charge in [-0.25, -0.2) is 4.99 Å². The molecule has 4 rings (SSSR count). The molecule has 1 saturated heterocycles. The highest BCUT2D eigenvalue weighted by atomic mass is 35.5. The van der Waals surface area contributed by atoms with Crippen molar-refractivity contribution in [1.29, 1.82) is 0 Å². The lowest BCUT2D eigenvalue weighted by Crippen LogP contribution is -2.30. The predicted octanol–water partition coefficient (Wildman–Crippen LogP) is 7.27. The van der Waals surface area contributed by atoms with Crippen LogP contribution in [0.5, 0.6) is 0 Å². The summed E-state index contributed by atoms with van der Waals surface area (Å²) in [4.78, 5) is 26.6. The van der Waals surface area contributed by atoms with E-state index >= 15 is 0 Å². The third-order valence-electron chi connectivity index (χ3n) is 6.11. The van der Waals surface area contributed by atoms with Crippen LogP contribution < -0.4 is 9.80 Å². The Kier molecular flexibility index (Phi) is 7.85. The normalized spacial score (nSPS) is 18.9. The highest BCUT2D eigenvalue weighted by Crippen LogP contribution is 2.50. The number of hydrogen-bond donors (Lipinski definition) is 0. The van der Waals surface area contributed by atoms with E-state index in [2.05, 4.69) is 55.7 Å². The van der Waals surface area contributed by atoms with Crippen LogP contribution in [0.4, 0.5) is 17.1 Å². The summed E-state index contributed by atoms with van der Waals surface area (Å²) in [6, 6.07) is 12.2. The standard InChI is InChI=1S/C26H31ClN4OS2/c1-6-9-14-31-24(32)23(25-29(5)21-16-18(27)10-13-22(21)33-25)34-26(31)28-20-12-11-19(15-17(20)4)30(7-2)8-3/h10-13,15-16H,6-9,14H2,1-5H3. The minimum absolute atomic E-state index is 0.0304. The second-order valence-corrected chi connectivity index (χ2v) is 10.8. The van der Waals surface area contributed by atoms with Crippen molar-refractivity contribution in [1.82, 2.24) is 4.90 Å². The first kappa shape index (κ1) is 25.0. The number of carbonyl (C=O) groups is 1. The molecule has 34 heavy (non-hydrogen) atoms. The Morgan fingerprint density at radius 2 is 1.82 bits per heavy atom. The van der Waals surface area contributed by atoms with Gasteiger partial charge in [0.2, 0.25) is 0 Å². The number of anilines is 2. The molecule has 0 radical (unpaired) electrons. The summed E-state index contributed by atoms with van der Waals surface area (Å²) >= 11 is 9.32. The molecule has 0 saturated carbocycles. The van der Waals surface area contributed by atoms with Gasteiger partial charge in [0.15, 0.2) is 5.17 Å². The zero-order valence-electron chi connectivity index (χ0n) is 20.4. The van der Waals surface area contributed by atoms with Gasteiger partial charge in [-0.3, -0.25) is 9.69 Å². The molecule has 0 atom stereocenters. The maximum Gasteiger partial charge on any atom is 0.269 e. The van der Waals surface area contributed by atoms with Gasteiger partial charge in [-0.05, 0) is 80.9 Å². The van der Waals surface area contributed by atoms with E-state index < -0.39 is 0 Å². The summed E-state index contributed by atoms with van der Waals surface area (Å²) in [7, 11) is 1.99. The van der Waals surface area contributed by atoms with Crippen LogP contribution in [0.25, 0.3) is 0 Å². The quantitative estimate of drug-likeness (QED) is 0.363. The second kappa shape index (κ2) is 10.7. The molecule has 0 aliphatic carbocycles. The summed E-state index contributed by atoms with van der Waals surface area (Å²) in [6.07, 6.45) is 1.95. The van der Waals surface area contributed by atoms with Gasteiger partial charge < -0.3 is 9.80 Å². The monoisotopic (exact) mass is 514 g/mol. The lowest BCUT2D eigenvalue weighted by molar-refractivity contribution is -0.122. The molecule has 8 heteroatoms. The minimum Gasteiger partial charge on any atom is -0.372 e. The average Bonchev–Trinajstić information content (AvgIpc) is 3.30. The number of fused-ring (bicyclic) bond motifs is 1. The number of amides is 1.